The average Bonchev–Trinajstić information content (AvgIpc) is 2.70. The van der Waals surface area contributed by atoms with Gasteiger partial charge < -0.3 is 19.2 Å². The van der Waals surface area contributed by atoms with E-state index in [0.717, 1.165) is 6.07 Å². The normalized spacial score (nSPS) is 10.4. The highest BCUT2D eigenvalue weighted by molar-refractivity contribution is 5.90. The first-order valence-corrected chi connectivity index (χ1v) is 8.28. The molecule has 0 saturated carbocycles. The van der Waals surface area contributed by atoms with Gasteiger partial charge in [0.1, 0.15) is 17.9 Å². The third kappa shape index (κ3) is 4.94. The Labute approximate surface area is 154 Å². The van der Waals surface area contributed by atoms with Crippen LogP contribution >= 0.6 is 0 Å². The third-order valence-electron chi connectivity index (χ3n) is 3.61. The molecule has 0 aliphatic heterocycles. The number of hydrogen-bond donors (Lipinski definition) is 1. The molecular weight excluding hydrogens is 350 g/mol. The minimum atomic E-state index is -0.881. The van der Waals surface area contributed by atoms with Crippen molar-refractivity contribution in [3.8, 4) is 5.75 Å². The number of hydrogen-bond acceptors (Lipinski definition) is 6. The van der Waals surface area contributed by atoms with Gasteiger partial charge in [0.2, 0.25) is 5.76 Å². The lowest BCUT2D eigenvalue weighted by Gasteiger charge is -2.08. The maximum Gasteiger partial charge on any atom is 0.374 e. The number of carbonyl (C=O) groups excluding carboxylic acids is 2. The zero-order chi connectivity index (χ0) is 19.1. The summed E-state index contributed by atoms with van der Waals surface area (Å²) in [7, 11) is 0. The van der Waals surface area contributed by atoms with E-state index in [1.54, 1.807) is 36.4 Å². The predicted octanol–water partition coefficient (Wildman–Crippen LogP) is 2.15. The van der Waals surface area contributed by atoms with Gasteiger partial charge in [-0.25, -0.2) is 4.79 Å². The molecule has 3 rings (SSSR count). The molecule has 1 N–H and O–H groups in total. The first-order valence-electron chi connectivity index (χ1n) is 8.28. The summed E-state index contributed by atoms with van der Waals surface area (Å²) in [6, 6.07) is 16.8. The molecule has 1 aromatic heterocycles. The average molecular weight is 367 g/mol. The van der Waals surface area contributed by atoms with E-state index in [1.807, 2.05) is 18.2 Å². The molecule has 3 aromatic rings. The first kappa shape index (κ1) is 18.2. The molecule has 7 nitrogen and oxygen atoms in total. The van der Waals surface area contributed by atoms with Crippen LogP contribution < -0.4 is 15.5 Å². The lowest BCUT2D eigenvalue weighted by Crippen LogP contribution is -2.32. The molecule has 0 atom stereocenters. The molecule has 7 heteroatoms. The van der Waals surface area contributed by atoms with E-state index in [0.29, 0.717) is 11.1 Å². The van der Waals surface area contributed by atoms with Gasteiger partial charge in [0.15, 0.2) is 12.0 Å². The van der Waals surface area contributed by atoms with Crippen molar-refractivity contribution in [2.24, 2.45) is 0 Å². The first-order chi connectivity index (χ1) is 13.1. The van der Waals surface area contributed by atoms with Crippen LogP contribution in [0.1, 0.15) is 10.6 Å². The van der Waals surface area contributed by atoms with Gasteiger partial charge in [-0.05, 0) is 24.3 Å². The summed E-state index contributed by atoms with van der Waals surface area (Å²) in [5, 5.41) is 2.93. The van der Waals surface area contributed by atoms with Crippen molar-refractivity contribution in [1.29, 1.82) is 0 Å². The number of carbonyl (C=O) groups is 2. The molecule has 0 bridgehead atoms. The van der Waals surface area contributed by atoms with Gasteiger partial charge in [0.25, 0.3) is 5.91 Å². The number of esters is 1. The number of amides is 1. The molecule has 1 heterocycles. The smallest absolute Gasteiger partial charge is 0.374 e. The van der Waals surface area contributed by atoms with Crippen molar-refractivity contribution < 1.29 is 23.5 Å². The van der Waals surface area contributed by atoms with Crippen LogP contribution in [0.5, 0.6) is 5.75 Å². The number of ether oxygens (including phenoxy) is 2. The molecule has 0 saturated heterocycles. The van der Waals surface area contributed by atoms with E-state index >= 15 is 0 Å². The molecule has 2 aromatic carbocycles. The van der Waals surface area contributed by atoms with E-state index in [2.05, 4.69) is 5.32 Å². The van der Waals surface area contributed by atoms with E-state index in [1.165, 1.54) is 0 Å². The molecule has 138 valence electrons. The third-order valence-corrected chi connectivity index (χ3v) is 3.61. The van der Waals surface area contributed by atoms with Crippen LogP contribution in [-0.4, -0.2) is 31.6 Å². The minimum Gasteiger partial charge on any atom is -0.492 e. The second-order valence-corrected chi connectivity index (χ2v) is 5.56. The summed E-state index contributed by atoms with van der Waals surface area (Å²) in [6.45, 7) is 0.0558. The number of rotatable bonds is 7. The van der Waals surface area contributed by atoms with E-state index < -0.39 is 18.5 Å². The van der Waals surface area contributed by atoms with Gasteiger partial charge in [-0.1, -0.05) is 30.3 Å². The maximum absolute atomic E-state index is 12.0. The maximum atomic E-state index is 12.0. The lowest BCUT2D eigenvalue weighted by molar-refractivity contribution is -0.124. The van der Waals surface area contributed by atoms with Crippen LogP contribution in [0.15, 0.2) is 69.9 Å². The molecule has 0 fully saturated rings. The lowest BCUT2D eigenvalue weighted by atomic mass is 10.2. The quantitative estimate of drug-likeness (QED) is 0.508. The summed E-state index contributed by atoms with van der Waals surface area (Å²) in [5.41, 5.74) is -0.0780. The van der Waals surface area contributed by atoms with Gasteiger partial charge in [-0.15, -0.1) is 0 Å². The monoisotopic (exact) mass is 367 g/mol. The molecule has 0 spiro atoms. The Kier molecular flexibility index (Phi) is 5.84. The SMILES string of the molecule is O=C(COC(=O)c1cc(=O)c2ccccc2o1)NCCOc1ccccc1. The highest BCUT2D eigenvalue weighted by atomic mass is 16.5. The van der Waals surface area contributed by atoms with Crippen LogP contribution in [0.2, 0.25) is 0 Å². The Bertz CT molecular complexity index is 996. The van der Waals surface area contributed by atoms with Crippen LogP contribution in [0.4, 0.5) is 0 Å². The predicted molar refractivity (Wildman–Crippen MR) is 97.7 cm³/mol. The highest BCUT2D eigenvalue weighted by Gasteiger charge is 2.15. The van der Waals surface area contributed by atoms with Gasteiger partial charge in [-0.2, -0.15) is 0 Å². The van der Waals surface area contributed by atoms with Gasteiger partial charge in [0.05, 0.1) is 11.9 Å². The summed E-state index contributed by atoms with van der Waals surface area (Å²) in [4.78, 5) is 35.7. The topological polar surface area (TPSA) is 94.8 Å². The van der Waals surface area contributed by atoms with Crippen molar-refractivity contribution in [1.82, 2.24) is 5.32 Å². The Hall–Kier alpha value is -3.61. The Balaban J connectivity index is 1.46. The molecule has 0 radical (unpaired) electrons. The summed E-state index contributed by atoms with van der Waals surface area (Å²) >= 11 is 0. The number of nitrogens with one attached hydrogen (secondary N) is 1. The summed E-state index contributed by atoms with van der Waals surface area (Å²) in [6.07, 6.45) is 0. The van der Waals surface area contributed by atoms with E-state index in [-0.39, 0.29) is 29.9 Å². The van der Waals surface area contributed by atoms with Crippen molar-refractivity contribution >= 4 is 22.8 Å². The number of benzene rings is 2. The Morgan fingerprint density at radius 3 is 2.56 bits per heavy atom. The molecule has 1 amide bonds. The fraction of sp³-hybridized carbons (Fsp3) is 0.150. The highest BCUT2D eigenvalue weighted by Crippen LogP contribution is 2.12. The van der Waals surface area contributed by atoms with Crippen molar-refractivity contribution in [2.45, 2.75) is 0 Å². The molecule has 27 heavy (non-hydrogen) atoms. The number of para-hydroxylation sites is 2. The van der Waals surface area contributed by atoms with Gasteiger partial charge in [0, 0.05) is 6.07 Å². The molecule has 0 aliphatic rings. The fourth-order valence-corrected chi connectivity index (χ4v) is 2.33. The van der Waals surface area contributed by atoms with Crippen LogP contribution in [0, 0.1) is 0 Å². The van der Waals surface area contributed by atoms with Gasteiger partial charge >= 0.3 is 5.97 Å². The number of fused-ring (bicyclic) bond motifs is 1. The van der Waals surface area contributed by atoms with Crippen LogP contribution in [0.3, 0.4) is 0 Å². The second-order valence-electron chi connectivity index (χ2n) is 5.56. The van der Waals surface area contributed by atoms with E-state index in [9.17, 15) is 14.4 Å². The van der Waals surface area contributed by atoms with Crippen LogP contribution in [-0.2, 0) is 9.53 Å². The van der Waals surface area contributed by atoms with E-state index in [4.69, 9.17) is 13.9 Å². The van der Waals surface area contributed by atoms with Crippen LogP contribution in [0.25, 0.3) is 11.0 Å². The summed E-state index contributed by atoms with van der Waals surface area (Å²) in [5.74, 6) is -0.917. The van der Waals surface area contributed by atoms with Crippen molar-refractivity contribution in [3.05, 3.63) is 76.6 Å². The minimum absolute atomic E-state index is 0.251. The zero-order valence-corrected chi connectivity index (χ0v) is 14.3. The standard InChI is InChI=1S/C20H17NO6/c22-16-12-18(27-17-9-5-4-8-15(16)17)20(24)26-13-19(23)21-10-11-25-14-6-2-1-3-7-14/h1-9,12H,10-11,13H2,(H,21,23). The second kappa shape index (κ2) is 8.66. The molecule has 0 unspecified atom stereocenters. The largest absolute Gasteiger partial charge is 0.492 e. The fourth-order valence-electron chi connectivity index (χ4n) is 2.33. The van der Waals surface area contributed by atoms with Gasteiger partial charge in [-0.3, -0.25) is 9.59 Å². The van der Waals surface area contributed by atoms with Crippen molar-refractivity contribution in [2.75, 3.05) is 19.8 Å². The zero-order valence-electron chi connectivity index (χ0n) is 14.3. The Morgan fingerprint density at radius 2 is 1.74 bits per heavy atom. The molecule has 0 aliphatic carbocycles. The van der Waals surface area contributed by atoms with Crippen molar-refractivity contribution in [3.63, 3.8) is 0 Å². The Morgan fingerprint density at radius 1 is 1.00 bits per heavy atom. The molecular formula is C20H17NO6. The summed E-state index contributed by atoms with van der Waals surface area (Å²) < 4.78 is 15.7.